The van der Waals surface area contributed by atoms with Crippen LogP contribution in [0.5, 0.6) is 0 Å². The third kappa shape index (κ3) is 5.55. The highest BCUT2D eigenvalue weighted by atomic mass is 35.5. The Morgan fingerprint density at radius 1 is 1.15 bits per heavy atom. The van der Waals surface area contributed by atoms with Crippen molar-refractivity contribution >= 4 is 52.7 Å². The molecule has 0 radical (unpaired) electrons. The Balaban J connectivity index is 1.63. The minimum absolute atomic E-state index is 0.198. The summed E-state index contributed by atoms with van der Waals surface area (Å²) in [4.78, 5) is 45.3. The Morgan fingerprint density at radius 2 is 1.90 bits per heavy atom. The lowest BCUT2D eigenvalue weighted by Crippen LogP contribution is -2.39. The zero-order valence-corrected chi connectivity index (χ0v) is 25.0. The molecule has 4 aromatic rings. The highest BCUT2D eigenvalue weighted by Gasteiger charge is 2.33. The zero-order chi connectivity index (χ0) is 29.3. The molecule has 210 valence electrons. The molecule has 3 heterocycles. The van der Waals surface area contributed by atoms with Gasteiger partial charge < -0.3 is 13.9 Å². The fraction of sp³-hybridized carbons (Fsp3) is 0.200. The maximum Gasteiger partial charge on any atom is 0.338 e. The third-order valence-corrected chi connectivity index (χ3v) is 8.46. The number of aromatic nitrogens is 1. The van der Waals surface area contributed by atoms with Crippen molar-refractivity contribution in [3.8, 4) is 11.3 Å². The molecule has 11 heteroatoms. The van der Waals surface area contributed by atoms with Crippen molar-refractivity contribution in [1.29, 1.82) is 0 Å². The molecule has 0 saturated carbocycles. The van der Waals surface area contributed by atoms with Crippen LogP contribution in [-0.4, -0.2) is 36.5 Å². The number of nitrogens with zero attached hydrogens (tertiary/aromatic N) is 2. The molecule has 1 atom stereocenters. The van der Waals surface area contributed by atoms with E-state index in [1.54, 1.807) is 62.0 Å². The average Bonchev–Trinajstić information content (AvgIpc) is 3.56. The van der Waals surface area contributed by atoms with Gasteiger partial charge in [0.15, 0.2) is 4.80 Å². The first-order valence-corrected chi connectivity index (χ1v) is 15.0. The van der Waals surface area contributed by atoms with Crippen LogP contribution in [0.15, 0.2) is 85.0 Å². The minimum Gasteiger partial charge on any atom is -0.465 e. The van der Waals surface area contributed by atoms with E-state index in [0.29, 0.717) is 48.3 Å². The van der Waals surface area contributed by atoms with Gasteiger partial charge in [-0.25, -0.2) is 14.6 Å². The molecule has 0 unspecified atom stereocenters. The fourth-order valence-electron chi connectivity index (χ4n) is 4.61. The lowest BCUT2D eigenvalue weighted by atomic mass is 9.96. The standard InChI is InChI=1S/C30H25ClN2O6S2/c1-5-38-29(36)25-16(2)32-30-33(26(25)17-6-10-20(40-4)11-7-17)27(34)24(41-30)15-19-9-13-23(39-19)22-14-18(31)8-12-21(22)28(35)37-3/h6-15,26H,5H2,1-4H3/b24-15+/t26-/m1/s1. The molecule has 2 aromatic carbocycles. The number of carbonyl (C=O) groups excluding carboxylic acids is 2. The van der Waals surface area contributed by atoms with Crippen LogP contribution in [0.3, 0.4) is 0 Å². The number of hydrogen-bond acceptors (Lipinski definition) is 9. The molecular weight excluding hydrogens is 584 g/mol. The Bertz CT molecular complexity index is 1870. The molecule has 0 bridgehead atoms. The summed E-state index contributed by atoms with van der Waals surface area (Å²) in [5, 5.41) is 0.428. The van der Waals surface area contributed by atoms with Gasteiger partial charge in [0.05, 0.1) is 41.1 Å². The summed E-state index contributed by atoms with van der Waals surface area (Å²) in [5.41, 5.74) is 2.02. The molecule has 2 aromatic heterocycles. The van der Waals surface area contributed by atoms with Gasteiger partial charge in [0.25, 0.3) is 5.56 Å². The molecule has 1 aliphatic rings. The SMILES string of the molecule is CCOC(=O)C1=C(C)N=c2s/c(=C/c3ccc(-c4cc(Cl)ccc4C(=O)OC)o3)c(=O)n2[C@@H]1c1ccc(SC)cc1. The molecule has 5 rings (SSSR count). The third-order valence-electron chi connectivity index (χ3n) is 6.50. The summed E-state index contributed by atoms with van der Waals surface area (Å²) >= 11 is 8.98. The number of hydrogen-bond donors (Lipinski definition) is 0. The molecule has 0 saturated heterocycles. The van der Waals surface area contributed by atoms with Crippen LogP contribution in [0, 0.1) is 0 Å². The number of benzene rings is 2. The van der Waals surface area contributed by atoms with Crippen molar-refractivity contribution < 1.29 is 23.5 Å². The van der Waals surface area contributed by atoms with Crippen molar-refractivity contribution in [2.75, 3.05) is 20.0 Å². The highest BCUT2D eigenvalue weighted by Crippen LogP contribution is 2.32. The number of thioether (sulfide) groups is 1. The van der Waals surface area contributed by atoms with Crippen LogP contribution in [0.2, 0.25) is 5.02 Å². The van der Waals surface area contributed by atoms with E-state index >= 15 is 0 Å². The van der Waals surface area contributed by atoms with E-state index in [0.717, 1.165) is 10.5 Å². The molecule has 0 spiro atoms. The molecule has 1 aliphatic heterocycles. The Kier molecular flexibility index (Phi) is 8.35. The maximum absolute atomic E-state index is 13.8. The van der Waals surface area contributed by atoms with Gasteiger partial charge >= 0.3 is 11.9 Å². The largest absolute Gasteiger partial charge is 0.465 e. The van der Waals surface area contributed by atoms with E-state index in [-0.39, 0.29) is 12.2 Å². The summed E-state index contributed by atoms with van der Waals surface area (Å²) in [5.74, 6) is -0.260. The van der Waals surface area contributed by atoms with Gasteiger partial charge in [0, 0.05) is 21.6 Å². The maximum atomic E-state index is 13.8. The predicted molar refractivity (Wildman–Crippen MR) is 159 cm³/mol. The molecule has 0 aliphatic carbocycles. The van der Waals surface area contributed by atoms with Gasteiger partial charge in [-0.05, 0) is 68.1 Å². The number of fused-ring (bicyclic) bond motifs is 1. The number of rotatable bonds is 7. The minimum atomic E-state index is -0.704. The lowest BCUT2D eigenvalue weighted by molar-refractivity contribution is -0.139. The van der Waals surface area contributed by atoms with Crippen LogP contribution in [0.4, 0.5) is 0 Å². The fourth-order valence-corrected chi connectivity index (χ4v) is 6.21. The van der Waals surface area contributed by atoms with E-state index in [1.807, 2.05) is 30.5 Å². The van der Waals surface area contributed by atoms with E-state index in [4.69, 9.17) is 25.5 Å². The molecular formula is C30H25ClN2O6S2. The zero-order valence-electron chi connectivity index (χ0n) is 22.6. The monoisotopic (exact) mass is 608 g/mol. The number of carbonyl (C=O) groups is 2. The lowest BCUT2D eigenvalue weighted by Gasteiger charge is -2.24. The Labute approximate surface area is 248 Å². The van der Waals surface area contributed by atoms with Crippen LogP contribution < -0.4 is 14.9 Å². The Morgan fingerprint density at radius 3 is 2.59 bits per heavy atom. The Hall–Kier alpha value is -3.86. The number of halogens is 1. The second kappa shape index (κ2) is 11.9. The number of ether oxygens (including phenoxy) is 2. The average molecular weight is 609 g/mol. The summed E-state index contributed by atoms with van der Waals surface area (Å²) in [7, 11) is 1.30. The van der Waals surface area contributed by atoms with Crippen LogP contribution >= 0.6 is 34.7 Å². The number of allylic oxidation sites excluding steroid dienone is 1. The van der Waals surface area contributed by atoms with Crippen molar-refractivity contribution in [3.63, 3.8) is 0 Å². The topological polar surface area (TPSA) is 100 Å². The molecule has 0 N–H and O–H groups in total. The van der Waals surface area contributed by atoms with E-state index < -0.39 is 18.0 Å². The summed E-state index contributed by atoms with van der Waals surface area (Å²) in [6.45, 7) is 3.68. The smallest absolute Gasteiger partial charge is 0.338 e. The number of thiazole rings is 1. The summed E-state index contributed by atoms with van der Waals surface area (Å²) in [6, 6.07) is 15.2. The number of methoxy groups -OCH3 is 1. The van der Waals surface area contributed by atoms with E-state index in [1.165, 1.54) is 23.0 Å². The van der Waals surface area contributed by atoms with Gasteiger partial charge in [-0.2, -0.15) is 0 Å². The van der Waals surface area contributed by atoms with E-state index in [2.05, 4.69) is 4.99 Å². The van der Waals surface area contributed by atoms with Gasteiger partial charge in [-0.15, -0.1) is 11.8 Å². The van der Waals surface area contributed by atoms with Gasteiger partial charge in [0.2, 0.25) is 0 Å². The summed E-state index contributed by atoms with van der Waals surface area (Å²) < 4.78 is 18.2. The summed E-state index contributed by atoms with van der Waals surface area (Å²) in [6.07, 6.45) is 3.60. The number of furan rings is 1. The van der Waals surface area contributed by atoms with Gasteiger partial charge in [-0.1, -0.05) is 35.1 Å². The number of esters is 2. The first kappa shape index (κ1) is 28.7. The van der Waals surface area contributed by atoms with Crippen molar-refractivity contribution in [2.24, 2.45) is 4.99 Å². The van der Waals surface area contributed by atoms with Gasteiger partial charge in [0.1, 0.15) is 11.5 Å². The van der Waals surface area contributed by atoms with Gasteiger partial charge in [-0.3, -0.25) is 9.36 Å². The first-order chi connectivity index (χ1) is 19.7. The molecule has 0 fully saturated rings. The quantitative estimate of drug-likeness (QED) is 0.209. The molecule has 41 heavy (non-hydrogen) atoms. The molecule has 0 amide bonds. The second-order valence-corrected chi connectivity index (χ2v) is 11.3. The van der Waals surface area contributed by atoms with Crippen LogP contribution in [0.25, 0.3) is 17.4 Å². The van der Waals surface area contributed by atoms with E-state index in [9.17, 15) is 14.4 Å². The van der Waals surface area contributed by atoms with Crippen LogP contribution in [-0.2, 0) is 14.3 Å². The first-order valence-electron chi connectivity index (χ1n) is 12.6. The second-order valence-electron chi connectivity index (χ2n) is 8.96. The van der Waals surface area contributed by atoms with Crippen molar-refractivity contribution in [1.82, 2.24) is 4.57 Å². The van der Waals surface area contributed by atoms with Crippen LogP contribution in [0.1, 0.15) is 41.6 Å². The predicted octanol–water partition coefficient (Wildman–Crippen LogP) is 5.22. The van der Waals surface area contributed by atoms with Crippen molar-refractivity contribution in [2.45, 2.75) is 24.8 Å². The highest BCUT2D eigenvalue weighted by molar-refractivity contribution is 7.98. The normalized spacial score (nSPS) is 15.0. The molecule has 8 nitrogen and oxygen atoms in total. The van der Waals surface area contributed by atoms with Crippen molar-refractivity contribution in [3.05, 3.63) is 107 Å².